The van der Waals surface area contributed by atoms with Gasteiger partial charge >= 0.3 is 0 Å². The van der Waals surface area contributed by atoms with Crippen LogP contribution in [0, 0.1) is 0 Å². The lowest BCUT2D eigenvalue weighted by Gasteiger charge is -2.46. The summed E-state index contributed by atoms with van der Waals surface area (Å²) in [5.74, 6) is 0. The second-order valence-electron chi connectivity index (χ2n) is 21.0. The van der Waals surface area contributed by atoms with Crippen molar-refractivity contribution in [1.82, 2.24) is 0 Å². The van der Waals surface area contributed by atoms with Crippen LogP contribution in [-0.2, 0) is 16.2 Å². The second kappa shape index (κ2) is 14.8. The molecule has 0 unspecified atom stereocenters. The molecule has 16 rings (SSSR count). The molecule has 0 amide bonds. The number of rotatable bonds is 4. The van der Waals surface area contributed by atoms with Crippen molar-refractivity contribution in [1.29, 1.82) is 0 Å². The first-order chi connectivity index (χ1) is 36.0. The lowest BCUT2D eigenvalue weighted by Crippen LogP contribution is -2.40. The molecule has 2 spiro atoms. The molecule has 1 nitrogen and oxygen atoms in total. The van der Waals surface area contributed by atoms with Crippen molar-refractivity contribution in [3.05, 3.63) is 304 Å². The van der Waals surface area contributed by atoms with E-state index >= 15 is 0 Å². The van der Waals surface area contributed by atoms with Crippen LogP contribution in [0.1, 0.15) is 69.5 Å². The Bertz CT molecular complexity index is 4210. The van der Waals surface area contributed by atoms with Crippen molar-refractivity contribution in [2.24, 2.45) is 0 Å². The lowest BCUT2D eigenvalue weighted by molar-refractivity contribution is 0.563. The Morgan fingerprint density at radius 2 is 0.699 bits per heavy atom. The van der Waals surface area contributed by atoms with E-state index in [-0.39, 0.29) is 5.41 Å². The topological polar surface area (TPSA) is 3.24 Å². The summed E-state index contributed by atoms with van der Waals surface area (Å²) in [4.78, 5) is 2.52. The van der Waals surface area contributed by atoms with Gasteiger partial charge in [-0.1, -0.05) is 220 Å². The Kier molecular flexibility index (Phi) is 8.31. The van der Waals surface area contributed by atoms with Gasteiger partial charge in [0.2, 0.25) is 0 Å². The third kappa shape index (κ3) is 5.21. The summed E-state index contributed by atoms with van der Waals surface area (Å²) in [6, 6.07) is 94.7. The maximum absolute atomic E-state index is 2.53. The molecular weight excluding hydrogens is 899 g/mol. The van der Waals surface area contributed by atoms with Gasteiger partial charge in [-0.05, 0) is 143 Å². The van der Waals surface area contributed by atoms with Crippen LogP contribution in [0.3, 0.4) is 0 Å². The number of nitrogens with zero attached hydrogens (tertiary/aromatic N) is 1. The molecular formula is C71H47NS. The zero-order chi connectivity index (χ0) is 48.2. The minimum Gasteiger partial charge on any atom is -0.310 e. The standard InChI is InChI=1S/C71H47NS/c1-69(2)62-29-12-14-31-64(62)71(65-32-15-13-30-63(65)69)60-28-11-6-21-52(60)56-42-46(39-41-61(56)71)72(45-36-34-44(35-37-45)48-23-17-24-55-54-22-7-16-33-67(54)73-68(48)55)47-38-40-53-51-20-5-10-27-59(51)70(66(53)43-47)57-25-8-3-18-49(57)50-19-4-9-26-58(50)70/h3-43H,1-2H3. The lowest BCUT2D eigenvalue weighted by atomic mass is 9.55. The molecule has 342 valence electrons. The smallest absolute Gasteiger partial charge is 0.0726 e. The highest BCUT2D eigenvalue weighted by Crippen LogP contribution is 2.65. The zero-order valence-electron chi connectivity index (χ0n) is 40.5. The molecule has 0 radical (unpaired) electrons. The maximum Gasteiger partial charge on any atom is 0.0726 e. The van der Waals surface area contributed by atoms with Crippen molar-refractivity contribution in [3.63, 3.8) is 0 Å². The SMILES string of the molecule is CC1(C)c2ccccc2C2(c3ccccc3-c3cc(N(c4ccc(-c5cccc6c5sc5ccccc56)cc4)c4ccc5c(c4)C4(c6ccccc6-c6ccccc64)c4ccccc4-5)ccc32)c2ccccc21. The summed E-state index contributed by atoms with van der Waals surface area (Å²) < 4.78 is 2.65. The summed E-state index contributed by atoms with van der Waals surface area (Å²) in [5, 5.41) is 2.63. The van der Waals surface area contributed by atoms with Gasteiger partial charge in [0.25, 0.3) is 0 Å². The quantitative estimate of drug-likeness (QED) is 0.170. The molecule has 11 aromatic carbocycles. The number of hydrogen-bond donors (Lipinski definition) is 0. The highest BCUT2D eigenvalue weighted by molar-refractivity contribution is 7.26. The molecule has 0 bridgehead atoms. The van der Waals surface area contributed by atoms with Crippen molar-refractivity contribution in [2.45, 2.75) is 30.1 Å². The van der Waals surface area contributed by atoms with Gasteiger partial charge in [0.05, 0.1) is 10.8 Å². The highest BCUT2D eigenvalue weighted by atomic mass is 32.1. The Morgan fingerprint density at radius 1 is 0.288 bits per heavy atom. The Hall–Kier alpha value is -8.56. The van der Waals surface area contributed by atoms with E-state index < -0.39 is 10.8 Å². The number of fused-ring (bicyclic) bond motifs is 22. The predicted molar refractivity (Wildman–Crippen MR) is 305 cm³/mol. The summed E-state index contributed by atoms with van der Waals surface area (Å²) in [5.41, 5.74) is 26.1. The normalized spacial score (nSPS) is 15.0. The first-order valence-corrected chi connectivity index (χ1v) is 26.5. The molecule has 0 saturated carbocycles. The molecule has 1 aromatic heterocycles. The van der Waals surface area contributed by atoms with Crippen LogP contribution >= 0.6 is 11.3 Å². The van der Waals surface area contributed by atoms with E-state index in [2.05, 4.69) is 267 Å². The van der Waals surface area contributed by atoms with Crippen molar-refractivity contribution < 1.29 is 0 Å². The Morgan fingerprint density at radius 3 is 1.30 bits per heavy atom. The number of anilines is 3. The van der Waals surface area contributed by atoms with Crippen LogP contribution in [0.2, 0.25) is 0 Å². The predicted octanol–water partition coefficient (Wildman–Crippen LogP) is 18.5. The molecule has 0 aliphatic heterocycles. The van der Waals surface area contributed by atoms with Gasteiger partial charge in [0, 0.05) is 42.6 Å². The van der Waals surface area contributed by atoms with Crippen LogP contribution in [0.5, 0.6) is 0 Å². The Labute approximate surface area is 430 Å². The fourth-order valence-electron chi connectivity index (χ4n) is 14.4. The largest absolute Gasteiger partial charge is 0.310 e. The van der Waals surface area contributed by atoms with E-state index in [9.17, 15) is 0 Å². The molecule has 12 aromatic rings. The minimum atomic E-state index is -0.470. The highest BCUT2D eigenvalue weighted by Gasteiger charge is 2.54. The van der Waals surface area contributed by atoms with Gasteiger partial charge in [-0.2, -0.15) is 0 Å². The van der Waals surface area contributed by atoms with Crippen molar-refractivity contribution >= 4 is 48.6 Å². The summed E-state index contributed by atoms with van der Waals surface area (Å²) in [6.45, 7) is 4.80. The van der Waals surface area contributed by atoms with E-state index in [0.717, 1.165) is 17.1 Å². The second-order valence-corrected chi connectivity index (χ2v) is 22.1. The molecule has 73 heavy (non-hydrogen) atoms. The van der Waals surface area contributed by atoms with Gasteiger partial charge in [0.15, 0.2) is 0 Å². The monoisotopic (exact) mass is 945 g/mol. The van der Waals surface area contributed by atoms with Crippen LogP contribution in [0.25, 0.3) is 64.7 Å². The van der Waals surface area contributed by atoms with E-state index in [1.165, 1.54) is 120 Å². The van der Waals surface area contributed by atoms with Gasteiger partial charge in [0.1, 0.15) is 0 Å². The van der Waals surface area contributed by atoms with Gasteiger partial charge in [-0.15, -0.1) is 11.3 Å². The van der Waals surface area contributed by atoms with Gasteiger partial charge in [-0.3, -0.25) is 0 Å². The van der Waals surface area contributed by atoms with E-state index in [4.69, 9.17) is 0 Å². The molecule has 4 aliphatic carbocycles. The molecule has 1 heterocycles. The first-order valence-electron chi connectivity index (χ1n) is 25.7. The Balaban J connectivity index is 0.938. The zero-order valence-corrected chi connectivity index (χ0v) is 41.3. The molecule has 0 atom stereocenters. The van der Waals surface area contributed by atoms with Gasteiger partial charge in [-0.25, -0.2) is 0 Å². The van der Waals surface area contributed by atoms with Crippen LogP contribution in [-0.4, -0.2) is 0 Å². The molecule has 0 fully saturated rings. The van der Waals surface area contributed by atoms with E-state index in [0.29, 0.717) is 0 Å². The number of hydrogen-bond acceptors (Lipinski definition) is 2. The molecule has 2 heteroatoms. The first kappa shape index (κ1) is 41.1. The summed E-state index contributed by atoms with van der Waals surface area (Å²) in [6.07, 6.45) is 0. The van der Waals surface area contributed by atoms with Crippen LogP contribution in [0.15, 0.2) is 249 Å². The van der Waals surface area contributed by atoms with Crippen molar-refractivity contribution in [2.75, 3.05) is 4.90 Å². The van der Waals surface area contributed by atoms with Crippen LogP contribution in [0.4, 0.5) is 17.1 Å². The molecule has 4 aliphatic rings. The average Bonchev–Trinajstić information content (AvgIpc) is 4.16. The van der Waals surface area contributed by atoms with E-state index in [1.54, 1.807) is 0 Å². The molecule has 0 N–H and O–H groups in total. The third-order valence-corrected chi connectivity index (χ3v) is 18.6. The third-order valence-electron chi connectivity index (χ3n) is 17.4. The fourth-order valence-corrected chi connectivity index (χ4v) is 15.7. The van der Waals surface area contributed by atoms with Crippen LogP contribution < -0.4 is 4.90 Å². The van der Waals surface area contributed by atoms with Crippen molar-refractivity contribution in [3.8, 4) is 44.5 Å². The van der Waals surface area contributed by atoms with E-state index in [1.807, 2.05) is 11.3 Å². The summed E-state index contributed by atoms with van der Waals surface area (Å²) in [7, 11) is 0. The number of thiophene rings is 1. The number of benzene rings is 11. The van der Waals surface area contributed by atoms with Gasteiger partial charge < -0.3 is 4.90 Å². The average molecular weight is 946 g/mol. The maximum atomic E-state index is 2.53. The minimum absolute atomic E-state index is 0.160. The fraction of sp³-hybridized carbons (Fsp3) is 0.0704. The molecule has 0 saturated heterocycles. The summed E-state index contributed by atoms with van der Waals surface area (Å²) >= 11 is 1.89.